The van der Waals surface area contributed by atoms with Gasteiger partial charge in [0.05, 0.1) is 5.02 Å². The third kappa shape index (κ3) is 6.22. The Balaban J connectivity index is 1.36. The minimum atomic E-state index is -0.0449. The lowest BCUT2D eigenvalue weighted by Crippen LogP contribution is -2.50. The second-order valence-electron chi connectivity index (χ2n) is 8.41. The lowest BCUT2D eigenvalue weighted by Gasteiger charge is -2.44. The average molecular weight is 530 g/mol. The van der Waals surface area contributed by atoms with E-state index in [9.17, 15) is 0 Å². The number of ether oxygens (including phenoxy) is 1. The Hall–Kier alpha value is -1.22. The van der Waals surface area contributed by atoms with Crippen molar-refractivity contribution in [2.75, 3.05) is 17.8 Å². The third-order valence-electron chi connectivity index (χ3n) is 5.33. The molecule has 0 spiro atoms. The Kier molecular flexibility index (Phi) is 7.75. The molecule has 0 radical (unpaired) electrons. The molecule has 0 bridgehead atoms. The molecular weight excluding hydrogens is 507 g/mol. The molecule has 1 unspecified atom stereocenters. The minimum absolute atomic E-state index is 0.0449. The molecule has 4 rings (SSSR count). The first-order valence-electron chi connectivity index (χ1n) is 10.1. The fourth-order valence-electron chi connectivity index (χ4n) is 3.88. The number of rotatable bonds is 7. The van der Waals surface area contributed by atoms with E-state index in [1.54, 1.807) is 6.07 Å². The molecule has 1 saturated heterocycles. The van der Waals surface area contributed by atoms with Crippen molar-refractivity contribution in [2.24, 2.45) is 5.41 Å². The molecule has 10 heteroatoms. The van der Waals surface area contributed by atoms with Gasteiger partial charge in [0.1, 0.15) is 18.2 Å². The highest BCUT2D eigenvalue weighted by Crippen LogP contribution is 2.37. The maximum absolute atomic E-state index is 6.54. The van der Waals surface area contributed by atoms with Gasteiger partial charge in [-0.25, -0.2) is 4.98 Å². The summed E-state index contributed by atoms with van der Waals surface area (Å²) in [5.74, 6) is 0.708. The van der Waals surface area contributed by atoms with E-state index in [4.69, 9.17) is 39.5 Å². The number of nitrogens with zero attached hydrogens (tertiary/aromatic N) is 3. The number of likely N-dealkylation sites (tertiary alicyclic amines) is 1. The zero-order valence-electron chi connectivity index (χ0n) is 17.6. The number of nitrogens with one attached hydrogen (secondary N) is 1. The summed E-state index contributed by atoms with van der Waals surface area (Å²) >= 11 is 21.6. The molecule has 1 atom stereocenters. The highest BCUT2D eigenvalue weighted by Gasteiger charge is 2.37. The van der Waals surface area contributed by atoms with E-state index in [1.165, 1.54) is 29.8 Å². The van der Waals surface area contributed by atoms with Crippen LogP contribution < -0.4 is 9.46 Å². The van der Waals surface area contributed by atoms with Crippen LogP contribution in [0.25, 0.3) is 0 Å². The Morgan fingerprint density at radius 2 is 1.97 bits per heavy atom. The summed E-state index contributed by atoms with van der Waals surface area (Å²) in [5.41, 5.74) is 1.08. The molecule has 32 heavy (non-hydrogen) atoms. The Bertz CT molecular complexity index is 1050. The Morgan fingerprint density at radius 1 is 1.19 bits per heavy atom. The van der Waals surface area contributed by atoms with Crippen LogP contribution in [0.4, 0.5) is 5.13 Å². The van der Waals surface area contributed by atoms with Gasteiger partial charge in [0, 0.05) is 51.5 Å². The number of aromatic nitrogens is 2. The number of piperidine rings is 1. The van der Waals surface area contributed by atoms with Crippen LogP contribution in [-0.4, -0.2) is 33.5 Å². The predicted molar refractivity (Wildman–Crippen MR) is 135 cm³/mol. The maximum atomic E-state index is 6.54. The van der Waals surface area contributed by atoms with Crippen molar-refractivity contribution < 1.29 is 4.74 Å². The van der Waals surface area contributed by atoms with Crippen LogP contribution in [0.3, 0.4) is 0 Å². The van der Waals surface area contributed by atoms with Crippen molar-refractivity contribution in [3.63, 3.8) is 0 Å². The molecule has 1 N–H and O–H groups in total. The van der Waals surface area contributed by atoms with Crippen LogP contribution in [0.2, 0.25) is 15.1 Å². The van der Waals surface area contributed by atoms with Crippen molar-refractivity contribution in [1.29, 1.82) is 0 Å². The van der Waals surface area contributed by atoms with Crippen LogP contribution >= 0.6 is 58.3 Å². The second-order valence-corrected chi connectivity index (χ2v) is 11.4. The van der Waals surface area contributed by atoms with Gasteiger partial charge in [-0.15, -0.1) is 0 Å². The summed E-state index contributed by atoms with van der Waals surface area (Å²) in [6.07, 6.45) is 2.50. The van der Waals surface area contributed by atoms with E-state index in [0.29, 0.717) is 20.8 Å². The zero-order valence-corrected chi connectivity index (χ0v) is 21.5. The number of hydrogen-bond acceptors (Lipinski definition) is 7. The molecule has 3 aromatic rings. The van der Waals surface area contributed by atoms with Crippen LogP contribution in [0.5, 0.6) is 5.75 Å². The summed E-state index contributed by atoms with van der Waals surface area (Å²) in [7, 11) is 0. The number of hydrogen-bond donors (Lipinski definition) is 1. The molecule has 0 aliphatic carbocycles. The molecular formula is C22H23Cl3N4OS2. The molecule has 2 heterocycles. The van der Waals surface area contributed by atoms with Gasteiger partial charge in [0.2, 0.25) is 5.13 Å². The highest BCUT2D eigenvalue weighted by molar-refractivity contribution is 8.00. The molecule has 5 nitrogen and oxygen atoms in total. The molecule has 1 aliphatic rings. The number of benzene rings is 2. The van der Waals surface area contributed by atoms with Crippen molar-refractivity contribution in [2.45, 2.75) is 37.8 Å². The first-order chi connectivity index (χ1) is 15.3. The summed E-state index contributed by atoms with van der Waals surface area (Å²) < 4.78 is 13.5. The molecule has 1 fully saturated rings. The standard InChI is InChI=1S/C22H23Cl3N4OS2/c1-22(2)12-29(11-14-7-15(23)9-16(24)8-14)6-5-20(22)30-19-4-3-17(10-18(19)25)31-28-21-26-13-27-32-21/h3-4,7-10,13,20H,5-6,11-12H2,1-2H3,(H,26,27,28). The van der Waals surface area contributed by atoms with Crippen molar-refractivity contribution in [3.05, 3.63) is 63.4 Å². The molecule has 0 saturated carbocycles. The van der Waals surface area contributed by atoms with Gasteiger partial charge in [-0.1, -0.05) is 48.7 Å². The van der Waals surface area contributed by atoms with Crippen LogP contribution in [0, 0.1) is 5.41 Å². The predicted octanol–water partition coefficient (Wildman–Crippen LogP) is 7.30. The number of halogens is 3. The minimum Gasteiger partial charge on any atom is -0.488 e. The quantitative estimate of drug-likeness (QED) is 0.324. The van der Waals surface area contributed by atoms with Crippen LogP contribution in [0.15, 0.2) is 47.6 Å². The summed E-state index contributed by atoms with van der Waals surface area (Å²) in [5, 5.41) is 2.68. The second kappa shape index (κ2) is 10.4. The van der Waals surface area contributed by atoms with Gasteiger partial charge in [0.15, 0.2) is 0 Å². The van der Waals surface area contributed by atoms with Gasteiger partial charge < -0.3 is 9.46 Å². The number of anilines is 1. The molecule has 2 aromatic carbocycles. The van der Waals surface area contributed by atoms with Gasteiger partial charge in [-0.3, -0.25) is 4.90 Å². The lowest BCUT2D eigenvalue weighted by molar-refractivity contribution is -0.0112. The maximum Gasteiger partial charge on any atom is 0.212 e. The van der Waals surface area contributed by atoms with Crippen molar-refractivity contribution >= 4 is 63.4 Å². The van der Waals surface area contributed by atoms with E-state index in [-0.39, 0.29) is 11.5 Å². The van der Waals surface area contributed by atoms with Crippen LogP contribution in [0.1, 0.15) is 25.8 Å². The van der Waals surface area contributed by atoms with E-state index >= 15 is 0 Å². The van der Waals surface area contributed by atoms with Gasteiger partial charge in [-0.2, -0.15) is 4.37 Å². The topological polar surface area (TPSA) is 50.3 Å². The van der Waals surface area contributed by atoms with Gasteiger partial charge in [0.25, 0.3) is 0 Å². The molecule has 170 valence electrons. The van der Waals surface area contributed by atoms with E-state index in [2.05, 4.69) is 32.8 Å². The van der Waals surface area contributed by atoms with Crippen LogP contribution in [-0.2, 0) is 6.54 Å². The normalized spacial score (nSPS) is 18.5. The fourth-order valence-corrected chi connectivity index (χ4v) is 5.87. The summed E-state index contributed by atoms with van der Waals surface area (Å²) in [4.78, 5) is 7.50. The Labute approximate surface area is 211 Å². The molecule has 1 aliphatic heterocycles. The molecule has 0 amide bonds. The third-order valence-corrected chi connectivity index (χ3v) is 7.56. The van der Waals surface area contributed by atoms with Crippen molar-refractivity contribution in [1.82, 2.24) is 14.3 Å². The summed E-state index contributed by atoms with van der Waals surface area (Å²) in [6.45, 7) is 7.11. The average Bonchev–Trinajstić information content (AvgIpc) is 3.22. The zero-order chi connectivity index (χ0) is 22.7. The van der Waals surface area contributed by atoms with E-state index < -0.39 is 0 Å². The van der Waals surface area contributed by atoms with Gasteiger partial charge >= 0.3 is 0 Å². The van der Waals surface area contributed by atoms with Gasteiger partial charge in [-0.05, 0) is 60.3 Å². The highest BCUT2D eigenvalue weighted by atomic mass is 35.5. The SMILES string of the molecule is CC1(C)CN(Cc2cc(Cl)cc(Cl)c2)CCC1Oc1ccc(SNc2ncns2)cc1Cl. The fraction of sp³-hybridized carbons (Fsp3) is 0.364. The van der Waals surface area contributed by atoms with E-state index in [0.717, 1.165) is 41.6 Å². The van der Waals surface area contributed by atoms with Crippen molar-refractivity contribution in [3.8, 4) is 5.75 Å². The lowest BCUT2D eigenvalue weighted by atomic mass is 9.81. The Morgan fingerprint density at radius 3 is 2.62 bits per heavy atom. The molecule has 1 aromatic heterocycles. The first-order valence-corrected chi connectivity index (χ1v) is 12.8. The monoisotopic (exact) mass is 528 g/mol. The van der Waals surface area contributed by atoms with E-state index in [1.807, 2.05) is 30.3 Å². The summed E-state index contributed by atoms with van der Waals surface area (Å²) in [6, 6.07) is 11.5. The largest absolute Gasteiger partial charge is 0.488 e. The smallest absolute Gasteiger partial charge is 0.212 e. The first kappa shape index (κ1) is 23.9.